The Bertz CT molecular complexity index is 1560. The van der Waals surface area contributed by atoms with E-state index in [2.05, 4.69) is 15.0 Å². The average molecular weight is 727 g/mol. The lowest BCUT2D eigenvalue weighted by molar-refractivity contribution is -0.193. The molecule has 0 radical (unpaired) electrons. The Hall–Kier alpha value is -4.64. The van der Waals surface area contributed by atoms with Crippen LogP contribution in [0.25, 0.3) is 5.65 Å². The van der Waals surface area contributed by atoms with Gasteiger partial charge in [-0.25, -0.2) is 32.7 Å². The highest BCUT2D eigenvalue weighted by Crippen LogP contribution is 2.35. The second-order valence-electron chi connectivity index (χ2n) is 10.2. The van der Waals surface area contributed by atoms with Crippen molar-refractivity contribution < 1.29 is 78.0 Å². The molecule has 1 saturated heterocycles. The number of likely N-dealkylation sites (N-methyl/N-ethyl adjacent to an activating group) is 1. The van der Waals surface area contributed by atoms with Gasteiger partial charge in [-0.15, -0.1) is 0 Å². The number of fused-ring (bicyclic) bond motifs is 3. The highest BCUT2D eigenvalue weighted by molar-refractivity contribution is 5.73. The van der Waals surface area contributed by atoms with E-state index in [1.165, 1.54) is 12.1 Å². The quantitative estimate of drug-likeness (QED) is 0.281. The summed E-state index contributed by atoms with van der Waals surface area (Å²) in [5.74, 6) is -9.12. The van der Waals surface area contributed by atoms with Gasteiger partial charge in [-0.2, -0.15) is 44.6 Å². The Balaban J connectivity index is 0.000000325. The number of aromatic nitrogens is 3. The molecule has 0 saturated carbocycles. The van der Waals surface area contributed by atoms with Crippen LogP contribution in [-0.2, 0) is 27.5 Å². The van der Waals surface area contributed by atoms with Crippen LogP contribution < -0.4 is 5.73 Å². The summed E-state index contributed by atoms with van der Waals surface area (Å²) < 4.78 is 125. The third kappa shape index (κ3) is 11.2. The van der Waals surface area contributed by atoms with Crippen LogP contribution >= 0.6 is 0 Å². The maximum Gasteiger partial charge on any atom is 0.490 e. The molecule has 0 spiro atoms. The first-order valence-corrected chi connectivity index (χ1v) is 13.2. The summed E-state index contributed by atoms with van der Waals surface area (Å²) in [5, 5.41) is 26.0. The second kappa shape index (κ2) is 15.7. The van der Waals surface area contributed by atoms with E-state index >= 15 is 0 Å². The topological polar surface area (TPSA) is 175 Å². The number of piperidine rings is 1. The molecule has 2 aromatic heterocycles. The van der Waals surface area contributed by atoms with Crippen LogP contribution in [0.3, 0.4) is 0 Å². The van der Waals surface area contributed by atoms with Gasteiger partial charge in [0.25, 0.3) is 0 Å². The third-order valence-corrected chi connectivity index (χ3v) is 6.73. The molecule has 1 aromatic carbocycles. The van der Waals surface area contributed by atoms with E-state index in [4.69, 9.17) is 35.4 Å². The van der Waals surface area contributed by atoms with E-state index in [1.807, 2.05) is 28.7 Å². The van der Waals surface area contributed by atoms with Crippen molar-refractivity contribution in [2.24, 2.45) is 5.73 Å². The number of hydrogen-bond acceptors (Lipinski definition) is 8. The lowest BCUT2D eigenvalue weighted by atomic mass is 9.88. The first-order chi connectivity index (χ1) is 22.3. The highest BCUT2D eigenvalue weighted by atomic mass is 19.4. The fraction of sp³-hybridized carbons (Fsp3) is 0.423. The minimum Gasteiger partial charge on any atom is -0.475 e. The smallest absolute Gasteiger partial charge is 0.475 e. The highest BCUT2D eigenvalue weighted by Gasteiger charge is 2.41. The maximum absolute atomic E-state index is 14.3. The number of nitrogens with two attached hydrogens (primary N) is 1. The van der Waals surface area contributed by atoms with Crippen molar-refractivity contribution in [1.82, 2.24) is 24.4 Å². The largest absolute Gasteiger partial charge is 0.490 e. The third-order valence-electron chi connectivity index (χ3n) is 6.73. The minimum atomic E-state index is -5.08. The number of carbonyl (C=O) groups is 3. The zero-order valence-corrected chi connectivity index (χ0v) is 24.6. The number of carboxylic acids is 3. The van der Waals surface area contributed by atoms with Crippen molar-refractivity contribution in [1.29, 1.82) is 0 Å². The van der Waals surface area contributed by atoms with Gasteiger partial charge in [-0.3, -0.25) is 9.80 Å². The molecule has 272 valence electrons. The van der Waals surface area contributed by atoms with Crippen molar-refractivity contribution in [3.8, 4) is 0 Å². The summed E-state index contributed by atoms with van der Waals surface area (Å²) in [5.41, 5.74) is 9.90. The van der Waals surface area contributed by atoms with E-state index in [0.717, 1.165) is 42.6 Å². The summed E-state index contributed by atoms with van der Waals surface area (Å²) >= 11 is 0. The summed E-state index contributed by atoms with van der Waals surface area (Å²) in [4.78, 5) is 35.5. The minimum absolute atomic E-state index is 0.228. The van der Waals surface area contributed by atoms with Crippen LogP contribution in [0, 0.1) is 11.6 Å². The summed E-state index contributed by atoms with van der Waals surface area (Å²) in [6.07, 6.45) is -10.8. The number of rotatable bonds is 2. The molecule has 12 nitrogen and oxygen atoms in total. The molecule has 23 heteroatoms. The monoisotopic (exact) mass is 726 g/mol. The molecular formula is C26H25F11N6O6. The van der Waals surface area contributed by atoms with Gasteiger partial charge in [-0.1, -0.05) is 0 Å². The Kier molecular flexibility index (Phi) is 13.0. The van der Waals surface area contributed by atoms with Crippen LogP contribution in [0.5, 0.6) is 0 Å². The molecule has 2 aliphatic heterocycles. The molecule has 2 aliphatic rings. The maximum atomic E-state index is 14.3. The van der Waals surface area contributed by atoms with Crippen LogP contribution in [0.4, 0.5) is 48.3 Å². The van der Waals surface area contributed by atoms with Crippen molar-refractivity contribution in [3.05, 3.63) is 65.1 Å². The van der Waals surface area contributed by atoms with Gasteiger partial charge in [0.1, 0.15) is 11.6 Å². The Morgan fingerprint density at radius 3 is 1.86 bits per heavy atom. The lowest BCUT2D eigenvalue weighted by Crippen LogP contribution is -2.54. The molecule has 5 rings (SSSR count). The number of hydrogen-bond donors (Lipinski definition) is 4. The number of benzene rings is 1. The molecule has 5 N–H and O–H groups in total. The molecule has 0 amide bonds. The van der Waals surface area contributed by atoms with Crippen LogP contribution in [0.1, 0.15) is 29.3 Å². The first kappa shape index (κ1) is 40.5. The number of aliphatic carboxylic acids is 3. The van der Waals surface area contributed by atoms with Crippen molar-refractivity contribution in [2.45, 2.75) is 56.2 Å². The average Bonchev–Trinajstić information content (AvgIpc) is 3.52. The molecule has 3 aromatic rings. The number of alkyl halides is 9. The molecule has 0 bridgehead atoms. The molecule has 0 unspecified atom stereocenters. The van der Waals surface area contributed by atoms with Crippen molar-refractivity contribution in [3.63, 3.8) is 0 Å². The van der Waals surface area contributed by atoms with Crippen molar-refractivity contribution >= 4 is 23.6 Å². The van der Waals surface area contributed by atoms with Gasteiger partial charge in [-0.05, 0) is 37.7 Å². The van der Waals surface area contributed by atoms with Gasteiger partial charge in [0.2, 0.25) is 0 Å². The van der Waals surface area contributed by atoms with Crippen LogP contribution in [-0.4, -0.2) is 102 Å². The zero-order valence-electron chi connectivity index (χ0n) is 24.6. The van der Waals surface area contributed by atoms with E-state index in [0.29, 0.717) is 12.0 Å². The summed E-state index contributed by atoms with van der Waals surface area (Å²) in [7, 11) is 1.93. The Labute approximate surface area is 267 Å². The SMILES string of the molecule is CN1C[C@H](N2Cc3nn4cccnc4c3C2)C[C@H](N)[C@H]1c1cc(F)ccc1F.O=C(O)C(F)(F)F.O=C(O)C(F)(F)F.O=C(O)C(F)(F)F. The van der Waals surface area contributed by atoms with Crippen LogP contribution in [0.2, 0.25) is 0 Å². The van der Waals surface area contributed by atoms with Crippen LogP contribution in [0.15, 0.2) is 36.7 Å². The summed E-state index contributed by atoms with van der Waals surface area (Å²) in [6, 6.07) is 5.06. The lowest BCUT2D eigenvalue weighted by Gasteiger charge is -2.44. The predicted octanol–water partition coefficient (Wildman–Crippen LogP) is 4.00. The van der Waals surface area contributed by atoms with Gasteiger partial charge >= 0.3 is 36.4 Å². The molecule has 1 fully saturated rings. The molecule has 4 heterocycles. The fourth-order valence-electron chi connectivity index (χ4n) is 4.74. The van der Waals surface area contributed by atoms with E-state index < -0.39 is 48.1 Å². The Morgan fingerprint density at radius 2 is 1.39 bits per heavy atom. The Morgan fingerprint density at radius 1 is 0.878 bits per heavy atom. The number of likely N-dealkylation sites (tertiary alicyclic amines) is 1. The number of carboxylic acid groups (broad SMARTS) is 3. The standard InChI is InChI=1S/C20H22F2N6.3C2HF3O2/c1-26-9-13(8-17(23)19(26)14-7-12(21)3-4-16(14)22)27-10-15-18(11-27)25-28-6-2-5-24-20(15)28;3*3-2(4,5)1(6)7/h2-7,13,17,19H,8-11,23H2,1H3;3*(H,6,7)/t13-,17+,19-;;;/m1.../s1. The van der Waals surface area contributed by atoms with E-state index in [9.17, 15) is 48.3 Å². The first-order valence-electron chi connectivity index (χ1n) is 13.2. The predicted molar refractivity (Wildman–Crippen MR) is 141 cm³/mol. The van der Waals surface area contributed by atoms with Gasteiger partial charge < -0.3 is 21.1 Å². The van der Waals surface area contributed by atoms with Gasteiger partial charge in [0.05, 0.1) is 11.7 Å². The number of halogens is 11. The van der Waals surface area contributed by atoms with Gasteiger partial charge in [0.15, 0.2) is 5.65 Å². The second-order valence-corrected chi connectivity index (χ2v) is 10.2. The fourth-order valence-corrected chi connectivity index (χ4v) is 4.74. The summed E-state index contributed by atoms with van der Waals surface area (Å²) in [6.45, 7) is 2.26. The van der Waals surface area contributed by atoms with E-state index in [1.54, 1.807) is 6.20 Å². The normalized spacial score (nSPS) is 19.7. The van der Waals surface area contributed by atoms with E-state index in [-0.39, 0.29) is 18.1 Å². The molecule has 0 aliphatic carbocycles. The molecule has 3 atom stereocenters. The van der Waals surface area contributed by atoms with Crippen molar-refractivity contribution in [2.75, 3.05) is 13.6 Å². The number of nitrogens with zero attached hydrogens (tertiary/aromatic N) is 5. The molecule has 49 heavy (non-hydrogen) atoms. The molecular weight excluding hydrogens is 701 g/mol. The zero-order chi connectivity index (χ0) is 37.6. The van der Waals surface area contributed by atoms with Gasteiger partial charge in [0, 0.05) is 55.2 Å².